The standard InChI is InChI=1S/C21H14N2O6/c24-20(25)16-8-1-2-9-17(16)21(26)29-19-11-4-3-10-18(19)22-13-14-6-5-7-15(12-14)23(27)28/h1-13H,(H,24,25)/p-1. The Balaban J connectivity index is 1.86. The molecule has 0 N–H and O–H groups in total. The molecule has 0 spiro atoms. The molecule has 0 saturated heterocycles. The molecule has 0 amide bonds. The van der Waals surface area contributed by atoms with Gasteiger partial charge in [0.2, 0.25) is 0 Å². The number of nitro groups is 1. The molecule has 144 valence electrons. The molecule has 0 aromatic heterocycles. The number of aromatic carboxylic acids is 1. The van der Waals surface area contributed by atoms with Crippen LogP contribution in [0, 0.1) is 10.1 Å². The predicted molar refractivity (Wildman–Crippen MR) is 103 cm³/mol. The lowest BCUT2D eigenvalue weighted by Gasteiger charge is -2.11. The van der Waals surface area contributed by atoms with E-state index in [0.717, 1.165) is 0 Å². The quantitative estimate of drug-likeness (QED) is 0.210. The lowest BCUT2D eigenvalue weighted by atomic mass is 10.1. The SMILES string of the molecule is O=C([O-])c1ccccc1C(=O)Oc1ccccc1N=Cc1cccc([N+](=O)[O-])c1. The molecular weight excluding hydrogens is 376 g/mol. The number of benzene rings is 3. The highest BCUT2D eigenvalue weighted by Gasteiger charge is 2.15. The predicted octanol–water partition coefficient (Wildman–Crippen LogP) is 2.93. The maximum Gasteiger partial charge on any atom is 0.344 e. The maximum atomic E-state index is 12.4. The van der Waals surface area contributed by atoms with Gasteiger partial charge >= 0.3 is 5.97 Å². The van der Waals surface area contributed by atoms with Crippen LogP contribution < -0.4 is 9.84 Å². The van der Waals surface area contributed by atoms with E-state index in [1.54, 1.807) is 24.3 Å². The first-order chi connectivity index (χ1) is 14.0. The molecule has 3 rings (SSSR count). The average Bonchev–Trinajstić information content (AvgIpc) is 2.73. The van der Waals surface area contributed by atoms with Gasteiger partial charge < -0.3 is 14.6 Å². The second-order valence-corrected chi connectivity index (χ2v) is 5.80. The van der Waals surface area contributed by atoms with E-state index in [1.807, 2.05) is 0 Å². The molecule has 29 heavy (non-hydrogen) atoms. The zero-order valence-electron chi connectivity index (χ0n) is 14.8. The molecule has 0 heterocycles. The van der Waals surface area contributed by atoms with Gasteiger partial charge in [0.25, 0.3) is 5.69 Å². The first-order valence-corrected chi connectivity index (χ1v) is 8.36. The zero-order chi connectivity index (χ0) is 20.8. The Morgan fingerprint density at radius 1 is 0.931 bits per heavy atom. The van der Waals surface area contributed by atoms with Crippen molar-refractivity contribution in [2.45, 2.75) is 0 Å². The van der Waals surface area contributed by atoms with Gasteiger partial charge in [-0.2, -0.15) is 0 Å². The number of non-ortho nitro benzene ring substituents is 1. The molecule has 0 bridgehead atoms. The number of hydrogen-bond acceptors (Lipinski definition) is 7. The van der Waals surface area contributed by atoms with Gasteiger partial charge in [0.15, 0.2) is 5.75 Å². The normalized spacial score (nSPS) is 10.6. The fourth-order valence-corrected chi connectivity index (χ4v) is 2.51. The summed E-state index contributed by atoms with van der Waals surface area (Å²) in [6.07, 6.45) is 1.40. The van der Waals surface area contributed by atoms with Crippen LogP contribution in [-0.2, 0) is 0 Å². The molecule has 0 unspecified atom stereocenters. The highest BCUT2D eigenvalue weighted by Crippen LogP contribution is 2.28. The Labute approximate surface area is 164 Å². The number of carbonyl (C=O) groups excluding carboxylic acids is 2. The van der Waals surface area contributed by atoms with E-state index in [4.69, 9.17) is 4.74 Å². The minimum atomic E-state index is -1.49. The number of aliphatic imine (C=N–C) groups is 1. The van der Waals surface area contributed by atoms with Crippen molar-refractivity contribution in [3.63, 3.8) is 0 Å². The summed E-state index contributed by atoms with van der Waals surface area (Å²) in [6.45, 7) is 0. The molecule has 3 aromatic carbocycles. The van der Waals surface area contributed by atoms with E-state index in [0.29, 0.717) is 11.3 Å². The van der Waals surface area contributed by atoms with Crippen molar-refractivity contribution < 1.29 is 24.4 Å². The minimum absolute atomic E-state index is 0.0763. The van der Waals surface area contributed by atoms with E-state index in [2.05, 4.69) is 4.99 Å². The van der Waals surface area contributed by atoms with E-state index in [-0.39, 0.29) is 22.6 Å². The van der Waals surface area contributed by atoms with Crippen molar-refractivity contribution in [3.05, 3.63) is 99.6 Å². The van der Waals surface area contributed by atoms with Gasteiger partial charge in [-0.1, -0.05) is 42.5 Å². The molecule has 0 aliphatic carbocycles. The summed E-state index contributed by atoms with van der Waals surface area (Å²) in [4.78, 5) is 38.2. The number of nitrogens with zero attached hydrogens (tertiary/aromatic N) is 2. The lowest BCUT2D eigenvalue weighted by Crippen LogP contribution is -2.25. The van der Waals surface area contributed by atoms with Crippen LogP contribution in [0.5, 0.6) is 5.75 Å². The van der Waals surface area contributed by atoms with E-state index >= 15 is 0 Å². The largest absolute Gasteiger partial charge is 0.545 e. The van der Waals surface area contributed by atoms with Crippen molar-refractivity contribution in [2.24, 2.45) is 4.99 Å². The van der Waals surface area contributed by atoms with Gasteiger partial charge in [0.1, 0.15) is 5.69 Å². The zero-order valence-corrected chi connectivity index (χ0v) is 14.8. The molecule has 0 saturated carbocycles. The Hall–Kier alpha value is -4.33. The van der Waals surface area contributed by atoms with Crippen molar-refractivity contribution in [1.82, 2.24) is 0 Å². The molecular formula is C21H13N2O6-. The molecule has 0 radical (unpaired) electrons. The van der Waals surface area contributed by atoms with Crippen LogP contribution >= 0.6 is 0 Å². The van der Waals surface area contributed by atoms with Gasteiger partial charge in [-0.25, -0.2) is 4.79 Å². The smallest absolute Gasteiger partial charge is 0.344 e. The van der Waals surface area contributed by atoms with E-state index in [1.165, 1.54) is 54.7 Å². The monoisotopic (exact) mass is 389 g/mol. The highest BCUT2D eigenvalue weighted by molar-refractivity contribution is 6.02. The summed E-state index contributed by atoms with van der Waals surface area (Å²) in [5.41, 5.74) is 0.272. The lowest BCUT2D eigenvalue weighted by molar-refractivity contribution is -0.384. The molecule has 8 nitrogen and oxygen atoms in total. The molecule has 3 aromatic rings. The number of esters is 1. The van der Waals surface area contributed by atoms with Gasteiger partial charge in [-0.05, 0) is 23.8 Å². The first kappa shape index (κ1) is 19.4. The Morgan fingerprint density at radius 2 is 1.62 bits per heavy atom. The topological polar surface area (TPSA) is 122 Å². The van der Waals surface area contributed by atoms with E-state index in [9.17, 15) is 24.8 Å². The first-order valence-electron chi connectivity index (χ1n) is 8.36. The number of hydrogen-bond donors (Lipinski definition) is 0. The van der Waals surface area contributed by atoms with Crippen molar-refractivity contribution >= 4 is 29.5 Å². The number of rotatable bonds is 6. The van der Waals surface area contributed by atoms with Crippen LogP contribution in [0.2, 0.25) is 0 Å². The third kappa shape index (κ3) is 4.69. The minimum Gasteiger partial charge on any atom is -0.545 e. The summed E-state index contributed by atoms with van der Waals surface area (Å²) in [5, 5.41) is 22.1. The molecule has 0 aliphatic heterocycles. The van der Waals surface area contributed by atoms with Gasteiger partial charge in [0, 0.05) is 23.9 Å². The van der Waals surface area contributed by atoms with Crippen LogP contribution in [-0.4, -0.2) is 23.1 Å². The van der Waals surface area contributed by atoms with Crippen LogP contribution in [0.1, 0.15) is 26.3 Å². The van der Waals surface area contributed by atoms with Crippen LogP contribution in [0.3, 0.4) is 0 Å². The summed E-state index contributed by atoms with van der Waals surface area (Å²) in [6, 6.07) is 17.8. The number of carboxylic acids is 1. The third-order valence-corrected chi connectivity index (χ3v) is 3.87. The Morgan fingerprint density at radius 3 is 2.34 bits per heavy atom. The number of para-hydroxylation sites is 2. The second-order valence-electron chi connectivity index (χ2n) is 5.80. The summed E-state index contributed by atoms with van der Waals surface area (Å²) < 4.78 is 5.32. The summed E-state index contributed by atoms with van der Waals surface area (Å²) >= 11 is 0. The molecule has 0 atom stereocenters. The molecule has 0 aliphatic rings. The van der Waals surface area contributed by atoms with Crippen molar-refractivity contribution in [3.8, 4) is 5.75 Å². The summed E-state index contributed by atoms with van der Waals surface area (Å²) in [5.74, 6) is -2.26. The Bertz CT molecular complexity index is 1120. The molecule has 8 heteroatoms. The fraction of sp³-hybridized carbons (Fsp3) is 0. The van der Waals surface area contributed by atoms with E-state index < -0.39 is 16.9 Å². The summed E-state index contributed by atoms with van der Waals surface area (Å²) in [7, 11) is 0. The van der Waals surface area contributed by atoms with Gasteiger partial charge in [-0.3, -0.25) is 15.1 Å². The number of carbonyl (C=O) groups is 2. The Kier molecular flexibility index (Phi) is 5.74. The van der Waals surface area contributed by atoms with Gasteiger partial charge in [0.05, 0.1) is 16.5 Å². The number of ether oxygens (including phenoxy) is 1. The average molecular weight is 389 g/mol. The van der Waals surface area contributed by atoms with Crippen LogP contribution in [0.4, 0.5) is 11.4 Å². The number of nitro benzene ring substituents is 1. The van der Waals surface area contributed by atoms with Crippen LogP contribution in [0.15, 0.2) is 77.8 Å². The third-order valence-electron chi connectivity index (χ3n) is 3.87. The maximum absolute atomic E-state index is 12.4. The highest BCUT2D eigenvalue weighted by atomic mass is 16.6. The number of carboxylic acid groups (broad SMARTS) is 1. The van der Waals surface area contributed by atoms with Crippen molar-refractivity contribution in [2.75, 3.05) is 0 Å². The van der Waals surface area contributed by atoms with Gasteiger partial charge in [-0.15, -0.1) is 0 Å². The van der Waals surface area contributed by atoms with Crippen molar-refractivity contribution in [1.29, 1.82) is 0 Å². The second kappa shape index (κ2) is 8.57. The fourth-order valence-electron chi connectivity index (χ4n) is 2.51. The molecule has 0 fully saturated rings. The van der Waals surface area contributed by atoms with Crippen LogP contribution in [0.25, 0.3) is 0 Å².